The van der Waals surface area contributed by atoms with Crippen molar-refractivity contribution in [3.63, 3.8) is 0 Å². The lowest BCUT2D eigenvalue weighted by atomic mass is 10.0. The predicted octanol–water partition coefficient (Wildman–Crippen LogP) is 7.39. The van der Waals surface area contributed by atoms with Crippen LogP contribution in [-0.2, 0) is 6.18 Å². The number of nitrogens with one attached hydrogen (secondary N) is 1. The van der Waals surface area contributed by atoms with E-state index < -0.39 is 11.7 Å². The van der Waals surface area contributed by atoms with Gasteiger partial charge in [0.05, 0.1) is 23.4 Å². The summed E-state index contributed by atoms with van der Waals surface area (Å²) in [5.41, 5.74) is 2.14. The Bertz CT molecular complexity index is 1450. The van der Waals surface area contributed by atoms with Crippen molar-refractivity contribution in [2.45, 2.75) is 50.0 Å². The number of nitrogens with zero attached hydrogens (tertiary/aromatic N) is 3. The van der Waals surface area contributed by atoms with Crippen LogP contribution in [0.3, 0.4) is 0 Å². The van der Waals surface area contributed by atoms with Crippen molar-refractivity contribution in [2.24, 2.45) is 0 Å². The van der Waals surface area contributed by atoms with Crippen molar-refractivity contribution < 1.29 is 17.9 Å². The molecule has 0 amide bonds. The summed E-state index contributed by atoms with van der Waals surface area (Å²) < 4.78 is 48.5. The van der Waals surface area contributed by atoms with Gasteiger partial charge in [0.15, 0.2) is 5.11 Å². The molecular weight excluding hydrogens is 521 g/mol. The SMILES string of the molecule is FC(F)(F)c1cccc(-n2cccc2[C@@H]2[C@@H](c3ccccn3)NC(=S)N2c2ccc(OC3CCCC3)cc2)c1. The zero-order chi connectivity index (χ0) is 27.0. The maximum atomic E-state index is 13.5. The largest absolute Gasteiger partial charge is 0.490 e. The molecule has 5 nitrogen and oxygen atoms in total. The van der Waals surface area contributed by atoms with Crippen LogP contribution in [0.2, 0.25) is 0 Å². The Morgan fingerprint density at radius 1 is 0.897 bits per heavy atom. The molecule has 1 saturated heterocycles. The topological polar surface area (TPSA) is 42.3 Å². The van der Waals surface area contributed by atoms with E-state index in [1.54, 1.807) is 23.0 Å². The maximum Gasteiger partial charge on any atom is 0.416 e. The Morgan fingerprint density at radius 3 is 2.41 bits per heavy atom. The molecule has 39 heavy (non-hydrogen) atoms. The van der Waals surface area contributed by atoms with E-state index in [1.165, 1.54) is 25.0 Å². The first-order valence-corrected chi connectivity index (χ1v) is 13.4. The monoisotopic (exact) mass is 548 g/mol. The van der Waals surface area contributed by atoms with E-state index in [2.05, 4.69) is 10.3 Å². The van der Waals surface area contributed by atoms with Gasteiger partial charge >= 0.3 is 6.18 Å². The minimum atomic E-state index is -4.44. The Kier molecular flexibility index (Phi) is 6.76. The van der Waals surface area contributed by atoms with Gasteiger partial charge in [-0.15, -0.1) is 0 Å². The lowest BCUT2D eigenvalue weighted by Gasteiger charge is -2.29. The average molecular weight is 549 g/mol. The van der Waals surface area contributed by atoms with E-state index in [0.29, 0.717) is 10.8 Å². The molecule has 9 heteroatoms. The summed E-state index contributed by atoms with van der Waals surface area (Å²) in [6, 6.07) is 21.9. The molecule has 3 heterocycles. The molecule has 0 bridgehead atoms. The number of rotatable bonds is 6. The second kappa shape index (κ2) is 10.4. The molecule has 0 spiro atoms. The number of hydrogen-bond acceptors (Lipinski definition) is 3. The highest BCUT2D eigenvalue weighted by molar-refractivity contribution is 7.80. The quantitative estimate of drug-likeness (QED) is 0.255. The Labute approximate surface area is 230 Å². The molecule has 2 atom stereocenters. The molecule has 1 aliphatic heterocycles. The summed E-state index contributed by atoms with van der Waals surface area (Å²) in [4.78, 5) is 6.58. The fraction of sp³-hybridized carbons (Fsp3) is 0.267. The molecule has 1 N–H and O–H groups in total. The van der Waals surface area contributed by atoms with E-state index in [0.717, 1.165) is 41.7 Å². The van der Waals surface area contributed by atoms with Crippen molar-refractivity contribution in [1.29, 1.82) is 0 Å². The van der Waals surface area contributed by atoms with Crippen molar-refractivity contribution in [2.75, 3.05) is 4.90 Å². The van der Waals surface area contributed by atoms with Gasteiger partial charge in [-0.2, -0.15) is 13.2 Å². The molecule has 2 aromatic heterocycles. The number of benzene rings is 2. The van der Waals surface area contributed by atoms with Crippen molar-refractivity contribution in [3.05, 3.63) is 108 Å². The summed E-state index contributed by atoms with van der Waals surface area (Å²) in [7, 11) is 0. The highest BCUT2D eigenvalue weighted by Crippen LogP contribution is 2.43. The number of hydrogen-bond donors (Lipinski definition) is 1. The van der Waals surface area contributed by atoms with Gasteiger partial charge in [-0.05, 0) is 105 Å². The fourth-order valence-corrected chi connectivity index (χ4v) is 5.87. The van der Waals surface area contributed by atoms with Gasteiger partial charge in [-0.1, -0.05) is 12.1 Å². The third-order valence-corrected chi connectivity index (χ3v) is 7.67. The first-order chi connectivity index (χ1) is 18.9. The highest BCUT2D eigenvalue weighted by atomic mass is 32.1. The van der Waals surface area contributed by atoms with Crippen LogP contribution in [0.4, 0.5) is 18.9 Å². The third kappa shape index (κ3) is 5.11. The molecule has 4 aromatic rings. The predicted molar refractivity (Wildman–Crippen MR) is 148 cm³/mol. The molecular formula is C30H27F3N4OS. The van der Waals surface area contributed by atoms with Crippen LogP contribution in [-0.4, -0.2) is 20.8 Å². The molecule has 1 aliphatic carbocycles. The summed E-state index contributed by atoms with van der Waals surface area (Å²) in [6.45, 7) is 0. The number of aromatic nitrogens is 2. The van der Waals surface area contributed by atoms with E-state index in [1.807, 2.05) is 59.5 Å². The smallest absolute Gasteiger partial charge is 0.416 e. The lowest BCUT2D eigenvalue weighted by molar-refractivity contribution is -0.137. The second-order valence-corrected chi connectivity index (χ2v) is 10.3. The first-order valence-electron chi connectivity index (χ1n) is 13.0. The first kappa shape index (κ1) is 25.4. The van der Waals surface area contributed by atoms with Gasteiger partial charge in [0.1, 0.15) is 11.8 Å². The van der Waals surface area contributed by atoms with Crippen LogP contribution in [0.25, 0.3) is 5.69 Å². The van der Waals surface area contributed by atoms with Crippen LogP contribution in [0.15, 0.2) is 91.3 Å². The molecule has 2 aliphatic rings. The highest BCUT2D eigenvalue weighted by Gasteiger charge is 2.42. The average Bonchev–Trinajstić information content (AvgIpc) is 3.70. The van der Waals surface area contributed by atoms with Gasteiger partial charge in [0.25, 0.3) is 0 Å². The molecule has 2 fully saturated rings. The van der Waals surface area contributed by atoms with Gasteiger partial charge in [-0.25, -0.2) is 0 Å². The van der Waals surface area contributed by atoms with E-state index in [9.17, 15) is 13.2 Å². The summed E-state index contributed by atoms with van der Waals surface area (Å²) in [5.74, 6) is 0.814. The van der Waals surface area contributed by atoms with Gasteiger partial charge in [0, 0.05) is 29.5 Å². The normalized spacial score (nSPS) is 19.9. The van der Waals surface area contributed by atoms with Gasteiger partial charge in [-0.3, -0.25) is 4.98 Å². The number of anilines is 1. The minimum Gasteiger partial charge on any atom is -0.490 e. The van der Waals surface area contributed by atoms with Crippen molar-refractivity contribution in [3.8, 4) is 11.4 Å². The third-order valence-electron chi connectivity index (χ3n) is 7.35. The van der Waals surface area contributed by atoms with Crippen LogP contribution in [0.5, 0.6) is 5.75 Å². The van der Waals surface area contributed by atoms with E-state index in [-0.39, 0.29) is 18.2 Å². The Balaban J connectivity index is 1.40. The van der Waals surface area contributed by atoms with Crippen LogP contribution >= 0.6 is 12.2 Å². The molecule has 2 aromatic carbocycles. The lowest BCUT2D eigenvalue weighted by Crippen LogP contribution is -2.30. The summed E-state index contributed by atoms with van der Waals surface area (Å²) >= 11 is 5.83. The zero-order valence-electron chi connectivity index (χ0n) is 21.0. The van der Waals surface area contributed by atoms with Crippen molar-refractivity contribution >= 4 is 23.0 Å². The molecule has 1 saturated carbocycles. The molecule has 200 valence electrons. The number of alkyl halides is 3. The number of ether oxygens (including phenoxy) is 1. The standard InChI is InChI=1S/C30H27F3N4OS/c31-30(32,33)20-7-5-8-22(19-20)36-18-6-12-26(36)28-27(25-11-3-4-17-34-25)35-29(39)37(28)21-13-15-24(16-14-21)38-23-9-1-2-10-23/h3-8,11-19,23,27-28H,1-2,9-10H2,(H,35,39)/t27-,28-/m1/s1. The van der Waals surface area contributed by atoms with Gasteiger partial charge in [0.2, 0.25) is 0 Å². The Morgan fingerprint density at radius 2 is 1.69 bits per heavy atom. The fourth-order valence-electron chi connectivity index (χ4n) is 5.52. The summed E-state index contributed by atoms with van der Waals surface area (Å²) in [5, 5.41) is 3.93. The van der Waals surface area contributed by atoms with Crippen LogP contribution < -0.4 is 15.0 Å². The number of thiocarbonyl (C=S) groups is 1. The minimum absolute atomic E-state index is 0.252. The zero-order valence-corrected chi connectivity index (χ0v) is 21.8. The maximum absolute atomic E-state index is 13.5. The number of halogens is 3. The summed E-state index contributed by atoms with van der Waals surface area (Å²) in [6.07, 6.45) is 3.84. The molecule has 0 unspecified atom stereocenters. The van der Waals surface area contributed by atoms with Crippen molar-refractivity contribution in [1.82, 2.24) is 14.9 Å². The van der Waals surface area contributed by atoms with E-state index >= 15 is 0 Å². The number of pyridine rings is 1. The van der Waals surface area contributed by atoms with E-state index in [4.69, 9.17) is 17.0 Å². The van der Waals surface area contributed by atoms with Gasteiger partial charge < -0.3 is 19.5 Å². The molecule has 6 rings (SSSR count). The second-order valence-electron chi connectivity index (χ2n) is 9.87. The van der Waals surface area contributed by atoms with Crippen LogP contribution in [0, 0.1) is 0 Å². The van der Waals surface area contributed by atoms with Crippen LogP contribution in [0.1, 0.15) is 54.7 Å². The Hall–Kier alpha value is -3.85. The molecule has 0 radical (unpaired) electrons.